The summed E-state index contributed by atoms with van der Waals surface area (Å²) in [6.45, 7) is 4.94. The molecule has 0 saturated heterocycles. The molecule has 0 heterocycles. The Kier molecular flexibility index (Phi) is 7.69. The normalized spacial score (nSPS) is 12.5. The van der Waals surface area contributed by atoms with Crippen LogP contribution in [0.4, 0.5) is 0 Å². The fraction of sp³-hybridized carbons (Fsp3) is 0.900. The number of nitrogens with one attached hydrogen (secondary N) is 1. The minimum atomic E-state index is -0.313. The van der Waals surface area contributed by atoms with Gasteiger partial charge in [-0.1, -0.05) is 33.1 Å². The number of amides is 1. The lowest BCUT2D eigenvalue weighted by Crippen LogP contribution is -2.40. The molecule has 0 aromatic carbocycles. The number of rotatable bonds is 7. The first-order valence-corrected chi connectivity index (χ1v) is 5.25. The van der Waals surface area contributed by atoms with Crippen LogP contribution in [-0.2, 0) is 4.79 Å². The standard InChI is InChI=1S/C10H22N2O/c1-3-5-6-8-12-10(13)9(11)7-4-2/h9H,3-8,11H2,1-2H3,(H,12,13). The number of carbonyl (C=O) groups is 1. The van der Waals surface area contributed by atoms with E-state index in [2.05, 4.69) is 12.2 Å². The third-order valence-electron chi connectivity index (χ3n) is 2.02. The highest BCUT2D eigenvalue weighted by Gasteiger charge is 2.10. The minimum Gasteiger partial charge on any atom is -0.355 e. The Bertz CT molecular complexity index is 137. The molecule has 78 valence electrons. The highest BCUT2D eigenvalue weighted by atomic mass is 16.2. The second kappa shape index (κ2) is 8.05. The molecule has 3 heteroatoms. The molecule has 0 radical (unpaired) electrons. The van der Waals surface area contributed by atoms with Crippen LogP contribution in [0, 0.1) is 0 Å². The lowest BCUT2D eigenvalue weighted by Gasteiger charge is -2.10. The van der Waals surface area contributed by atoms with Gasteiger partial charge >= 0.3 is 0 Å². The molecule has 3 nitrogen and oxygen atoms in total. The first kappa shape index (κ1) is 12.4. The largest absolute Gasteiger partial charge is 0.355 e. The molecule has 0 aromatic rings. The molecular weight excluding hydrogens is 164 g/mol. The van der Waals surface area contributed by atoms with Gasteiger partial charge in [-0.15, -0.1) is 0 Å². The van der Waals surface area contributed by atoms with Gasteiger partial charge in [0.1, 0.15) is 0 Å². The van der Waals surface area contributed by atoms with Gasteiger partial charge in [-0.3, -0.25) is 4.79 Å². The van der Waals surface area contributed by atoms with Crippen molar-refractivity contribution in [3.63, 3.8) is 0 Å². The summed E-state index contributed by atoms with van der Waals surface area (Å²) < 4.78 is 0. The van der Waals surface area contributed by atoms with Crippen LogP contribution in [0.2, 0.25) is 0 Å². The number of hydrogen-bond donors (Lipinski definition) is 2. The Morgan fingerprint density at radius 3 is 2.54 bits per heavy atom. The lowest BCUT2D eigenvalue weighted by molar-refractivity contribution is -0.122. The predicted molar refractivity (Wildman–Crippen MR) is 55.4 cm³/mol. The zero-order chi connectivity index (χ0) is 10.1. The molecule has 1 amide bonds. The van der Waals surface area contributed by atoms with Crippen molar-refractivity contribution in [1.29, 1.82) is 0 Å². The third kappa shape index (κ3) is 6.58. The van der Waals surface area contributed by atoms with E-state index in [1.807, 2.05) is 6.92 Å². The van der Waals surface area contributed by atoms with Crippen molar-refractivity contribution in [2.75, 3.05) is 6.54 Å². The molecule has 0 bridgehead atoms. The summed E-state index contributed by atoms with van der Waals surface area (Å²) in [5, 5.41) is 2.84. The molecule has 3 N–H and O–H groups in total. The molecule has 0 aliphatic carbocycles. The van der Waals surface area contributed by atoms with E-state index in [4.69, 9.17) is 5.73 Å². The van der Waals surface area contributed by atoms with Crippen LogP contribution in [-0.4, -0.2) is 18.5 Å². The van der Waals surface area contributed by atoms with Gasteiger partial charge in [0.25, 0.3) is 0 Å². The summed E-state index contributed by atoms with van der Waals surface area (Å²) in [6, 6.07) is -0.313. The first-order valence-electron chi connectivity index (χ1n) is 5.25. The molecule has 1 unspecified atom stereocenters. The molecule has 13 heavy (non-hydrogen) atoms. The summed E-state index contributed by atoms with van der Waals surface area (Å²) in [5.74, 6) is -0.00190. The van der Waals surface area contributed by atoms with Gasteiger partial charge in [-0.25, -0.2) is 0 Å². The molecular formula is C10H22N2O. The predicted octanol–water partition coefficient (Wildman–Crippen LogP) is 1.42. The molecule has 0 aliphatic heterocycles. The Labute approximate surface area is 81.1 Å². The van der Waals surface area contributed by atoms with Crippen molar-refractivity contribution < 1.29 is 4.79 Å². The number of carbonyl (C=O) groups excluding carboxylic acids is 1. The second-order valence-electron chi connectivity index (χ2n) is 3.39. The van der Waals surface area contributed by atoms with Crippen molar-refractivity contribution in [3.05, 3.63) is 0 Å². The third-order valence-corrected chi connectivity index (χ3v) is 2.02. The van der Waals surface area contributed by atoms with Crippen molar-refractivity contribution in [3.8, 4) is 0 Å². The molecule has 0 saturated carbocycles. The van der Waals surface area contributed by atoms with Gasteiger partial charge < -0.3 is 11.1 Å². The van der Waals surface area contributed by atoms with Crippen LogP contribution in [0.15, 0.2) is 0 Å². The molecule has 0 spiro atoms. The fourth-order valence-electron chi connectivity index (χ4n) is 1.16. The molecule has 0 fully saturated rings. The SMILES string of the molecule is CCCCCNC(=O)C(N)CCC. The average Bonchev–Trinajstić information content (AvgIpc) is 2.12. The van der Waals surface area contributed by atoms with E-state index in [1.165, 1.54) is 12.8 Å². The van der Waals surface area contributed by atoms with Crippen LogP contribution in [0.1, 0.15) is 46.0 Å². The quantitative estimate of drug-likeness (QED) is 0.591. The zero-order valence-corrected chi connectivity index (χ0v) is 8.81. The maximum absolute atomic E-state index is 11.3. The van der Waals surface area contributed by atoms with Gasteiger partial charge in [0.2, 0.25) is 5.91 Å². The van der Waals surface area contributed by atoms with Crippen molar-refractivity contribution in [2.45, 2.75) is 52.0 Å². The highest BCUT2D eigenvalue weighted by Crippen LogP contribution is 1.94. The Balaban J connectivity index is 3.38. The maximum atomic E-state index is 11.3. The van der Waals surface area contributed by atoms with Crippen molar-refractivity contribution >= 4 is 5.91 Å². The minimum absolute atomic E-state index is 0.00190. The van der Waals surface area contributed by atoms with E-state index in [9.17, 15) is 4.79 Å². The summed E-state index contributed by atoms with van der Waals surface area (Å²) >= 11 is 0. The Morgan fingerprint density at radius 1 is 1.31 bits per heavy atom. The van der Waals surface area contributed by atoms with Gasteiger partial charge in [-0.05, 0) is 12.8 Å². The van der Waals surface area contributed by atoms with E-state index in [1.54, 1.807) is 0 Å². The fourth-order valence-corrected chi connectivity index (χ4v) is 1.16. The molecule has 0 aromatic heterocycles. The van der Waals surface area contributed by atoms with Crippen LogP contribution < -0.4 is 11.1 Å². The van der Waals surface area contributed by atoms with Crippen LogP contribution in [0.3, 0.4) is 0 Å². The van der Waals surface area contributed by atoms with Crippen molar-refractivity contribution in [2.24, 2.45) is 5.73 Å². The van der Waals surface area contributed by atoms with E-state index >= 15 is 0 Å². The number of hydrogen-bond acceptors (Lipinski definition) is 2. The summed E-state index contributed by atoms with van der Waals surface area (Å²) in [6.07, 6.45) is 5.14. The second-order valence-corrected chi connectivity index (χ2v) is 3.39. The van der Waals surface area contributed by atoms with Crippen LogP contribution in [0.5, 0.6) is 0 Å². The van der Waals surface area contributed by atoms with Crippen molar-refractivity contribution in [1.82, 2.24) is 5.32 Å². The Morgan fingerprint density at radius 2 is 2.00 bits per heavy atom. The van der Waals surface area contributed by atoms with Crippen LogP contribution in [0.25, 0.3) is 0 Å². The number of unbranched alkanes of at least 4 members (excludes halogenated alkanes) is 2. The molecule has 0 aliphatic rings. The van der Waals surface area contributed by atoms with Crippen LogP contribution >= 0.6 is 0 Å². The monoisotopic (exact) mass is 186 g/mol. The highest BCUT2D eigenvalue weighted by molar-refractivity contribution is 5.81. The molecule has 1 atom stereocenters. The maximum Gasteiger partial charge on any atom is 0.236 e. The van der Waals surface area contributed by atoms with E-state index in [-0.39, 0.29) is 11.9 Å². The Hall–Kier alpha value is -0.570. The van der Waals surface area contributed by atoms with E-state index in [0.717, 1.165) is 25.8 Å². The summed E-state index contributed by atoms with van der Waals surface area (Å²) in [7, 11) is 0. The zero-order valence-electron chi connectivity index (χ0n) is 8.81. The van der Waals surface area contributed by atoms with E-state index in [0.29, 0.717) is 0 Å². The molecule has 0 rings (SSSR count). The topological polar surface area (TPSA) is 55.1 Å². The summed E-state index contributed by atoms with van der Waals surface area (Å²) in [4.78, 5) is 11.3. The van der Waals surface area contributed by atoms with Gasteiger partial charge in [-0.2, -0.15) is 0 Å². The number of nitrogens with two attached hydrogens (primary N) is 1. The van der Waals surface area contributed by atoms with Gasteiger partial charge in [0.05, 0.1) is 6.04 Å². The van der Waals surface area contributed by atoms with E-state index < -0.39 is 0 Å². The van der Waals surface area contributed by atoms with Gasteiger partial charge in [0.15, 0.2) is 0 Å². The summed E-state index contributed by atoms with van der Waals surface area (Å²) in [5.41, 5.74) is 5.63. The first-order chi connectivity index (χ1) is 6.22. The lowest BCUT2D eigenvalue weighted by atomic mass is 10.1. The van der Waals surface area contributed by atoms with Gasteiger partial charge in [0, 0.05) is 6.54 Å². The average molecular weight is 186 g/mol. The smallest absolute Gasteiger partial charge is 0.236 e.